The number of aromatic hydroxyl groups is 2. The molecule has 3 nitrogen and oxygen atoms in total. The van der Waals surface area contributed by atoms with Crippen molar-refractivity contribution in [2.45, 2.75) is 6.92 Å². The monoisotopic (exact) mass is 178 g/mol. The van der Waals surface area contributed by atoms with E-state index in [4.69, 9.17) is 0 Å². The molecular formula is C10H12NO2+. The standard InChI is InChI=1S/C10H11NO2/c1-4-7-6(3)11-10(13)9(12)8(7)5-2/h4-5,12H,1-2H2,3H3,(H,11,13)/p+1. The smallest absolute Gasteiger partial charge is 0.407 e. The zero-order chi connectivity index (χ0) is 10.0. The number of H-pyrrole nitrogens is 1. The van der Waals surface area contributed by atoms with Crippen molar-refractivity contribution in [3.05, 3.63) is 30.0 Å². The van der Waals surface area contributed by atoms with Crippen molar-refractivity contribution in [1.82, 2.24) is 0 Å². The molecule has 0 bridgehead atoms. The fourth-order valence-corrected chi connectivity index (χ4v) is 1.23. The minimum absolute atomic E-state index is 0.199. The molecule has 13 heavy (non-hydrogen) atoms. The van der Waals surface area contributed by atoms with E-state index in [1.807, 2.05) is 0 Å². The van der Waals surface area contributed by atoms with E-state index in [2.05, 4.69) is 18.1 Å². The molecular weight excluding hydrogens is 166 g/mol. The Morgan fingerprint density at radius 2 is 1.69 bits per heavy atom. The predicted molar refractivity (Wildman–Crippen MR) is 51.2 cm³/mol. The summed E-state index contributed by atoms with van der Waals surface area (Å²) in [6.07, 6.45) is 3.08. The van der Waals surface area contributed by atoms with Crippen LogP contribution in [0, 0.1) is 6.92 Å². The summed E-state index contributed by atoms with van der Waals surface area (Å²) in [7, 11) is 0. The van der Waals surface area contributed by atoms with E-state index < -0.39 is 0 Å². The molecule has 1 aromatic rings. The van der Waals surface area contributed by atoms with E-state index in [0.717, 1.165) is 11.3 Å². The van der Waals surface area contributed by atoms with Gasteiger partial charge in [0, 0.05) is 12.5 Å². The first-order chi connectivity index (χ1) is 6.11. The van der Waals surface area contributed by atoms with Gasteiger partial charge in [-0.25, -0.2) is 0 Å². The first-order valence-electron chi connectivity index (χ1n) is 3.84. The third-order valence-corrected chi connectivity index (χ3v) is 1.89. The van der Waals surface area contributed by atoms with E-state index in [9.17, 15) is 10.2 Å². The average molecular weight is 178 g/mol. The second kappa shape index (κ2) is 3.31. The highest BCUT2D eigenvalue weighted by Gasteiger charge is 2.17. The van der Waals surface area contributed by atoms with Crippen LogP contribution < -0.4 is 4.98 Å². The van der Waals surface area contributed by atoms with E-state index >= 15 is 0 Å². The lowest BCUT2D eigenvalue weighted by molar-refractivity contribution is -0.404. The van der Waals surface area contributed by atoms with Gasteiger partial charge in [0.05, 0.1) is 5.56 Å². The van der Waals surface area contributed by atoms with Crippen molar-refractivity contribution < 1.29 is 15.2 Å². The van der Waals surface area contributed by atoms with Crippen molar-refractivity contribution in [3.63, 3.8) is 0 Å². The van der Waals surface area contributed by atoms with Crippen LogP contribution in [-0.4, -0.2) is 10.2 Å². The van der Waals surface area contributed by atoms with E-state index in [1.165, 1.54) is 6.08 Å². The zero-order valence-electron chi connectivity index (χ0n) is 7.46. The highest BCUT2D eigenvalue weighted by molar-refractivity contribution is 5.69. The van der Waals surface area contributed by atoms with Crippen molar-refractivity contribution in [3.8, 4) is 11.6 Å². The second-order valence-electron chi connectivity index (χ2n) is 2.68. The van der Waals surface area contributed by atoms with Gasteiger partial charge >= 0.3 is 5.88 Å². The number of rotatable bonds is 2. The Morgan fingerprint density at radius 3 is 2.15 bits per heavy atom. The maximum absolute atomic E-state index is 9.43. The Labute approximate surface area is 76.7 Å². The van der Waals surface area contributed by atoms with Gasteiger partial charge in [-0.2, -0.15) is 4.98 Å². The third-order valence-electron chi connectivity index (χ3n) is 1.89. The maximum atomic E-state index is 9.43. The summed E-state index contributed by atoms with van der Waals surface area (Å²) in [6, 6.07) is 0. The largest absolute Gasteiger partial charge is 0.499 e. The quantitative estimate of drug-likeness (QED) is 0.721. The van der Waals surface area contributed by atoms with Gasteiger partial charge in [0.25, 0.3) is 0 Å². The van der Waals surface area contributed by atoms with Gasteiger partial charge in [0.2, 0.25) is 5.75 Å². The summed E-state index contributed by atoms with van der Waals surface area (Å²) >= 11 is 0. The number of aromatic nitrogens is 1. The molecule has 0 aliphatic carbocycles. The topological polar surface area (TPSA) is 54.6 Å². The highest BCUT2D eigenvalue weighted by Crippen LogP contribution is 2.29. The molecule has 0 atom stereocenters. The molecule has 1 rings (SSSR count). The van der Waals surface area contributed by atoms with Gasteiger partial charge < -0.3 is 10.2 Å². The summed E-state index contributed by atoms with van der Waals surface area (Å²) in [4.78, 5) is 2.62. The number of pyridine rings is 1. The number of aryl methyl sites for hydroxylation is 1. The Hall–Kier alpha value is -1.77. The molecule has 0 aliphatic heterocycles. The van der Waals surface area contributed by atoms with Crippen LogP contribution >= 0.6 is 0 Å². The molecule has 0 saturated heterocycles. The number of aromatic amines is 1. The van der Waals surface area contributed by atoms with Crippen LogP contribution in [0.25, 0.3) is 12.2 Å². The van der Waals surface area contributed by atoms with Crippen LogP contribution in [-0.2, 0) is 0 Å². The minimum atomic E-state index is -0.252. The predicted octanol–water partition coefficient (Wildman–Crippen LogP) is 1.51. The lowest BCUT2D eigenvalue weighted by Gasteiger charge is -2.02. The molecule has 0 aromatic carbocycles. The van der Waals surface area contributed by atoms with Gasteiger partial charge in [-0.3, -0.25) is 0 Å². The highest BCUT2D eigenvalue weighted by atomic mass is 16.3. The first kappa shape index (κ1) is 9.32. The minimum Gasteiger partial charge on any atom is -0.499 e. The SMILES string of the molecule is C=Cc1c(C)[nH+]c(O)c(O)c1C=C. The fraction of sp³-hybridized carbons (Fsp3) is 0.100. The van der Waals surface area contributed by atoms with E-state index in [0.29, 0.717) is 5.56 Å². The normalized spacial score (nSPS) is 9.62. The lowest BCUT2D eigenvalue weighted by Crippen LogP contribution is -2.11. The molecule has 1 heterocycles. The van der Waals surface area contributed by atoms with Crippen molar-refractivity contribution in [2.24, 2.45) is 0 Å². The summed E-state index contributed by atoms with van der Waals surface area (Å²) in [5.41, 5.74) is 1.97. The van der Waals surface area contributed by atoms with Gasteiger partial charge in [-0.05, 0) is 0 Å². The van der Waals surface area contributed by atoms with Crippen LogP contribution in [0.15, 0.2) is 13.2 Å². The van der Waals surface area contributed by atoms with Crippen LogP contribution in [0.2, 0.25) is 0 Å². The van der Waals surface area contributed by atoms with E-state index in [1.54, 1.807) is 13.0 Å². The zero-order valence-corrected chi connectivity index (χ0v) is 7.46. The Balaban J connectivity index is 3.59. The van der Waals surface area contributed by atoms with Gasteiger partial charge in [-0.15, -0.1) is 0 Å². The Morgan fingerprint density at radius 1 is 1.15 bits per heavy atom. The number of hydrogen-bond acceptors (Lipinski definition) is 2. The van der Waals surface area contributed by atoms with Crippen molar-refractivity contribution in [1.29, 1.82) is 0 Å². The van der Waals surface area contributed by atoms with Crippen LogP contribution in [0.1, 0.15) is 16.8 Å². The summed E-state index contributed by atoms with van der Waals surface area (Å²) < 4.78 is 0. The van der Waals surface area contributed by atoms with E-state index in [-0.39, 0.29) is 11.6 Å². The van der Waals surface area contributed by atoms with Crippen LogP contribution in [0.3, 0.4) is 0 Å². The molecule has 0 saturated carbocycles. The lowest BCUT2D eigenvalue weighted by atomic mass is 10.1. The summed E-state index contributed by atoms with van der Waals surface area (Å²) in [6.45, 7) is 8.94. The number of nitrogens with one attached hydrogen (secondary N) is 1. The summed E-state index contributed by atoms with van der Waals surface area (Å²) in [5.74, 6) is -0.450. The Kier molecular flexibility index (Phi) is 2.37. The average Bonchev–Trinajstić information content (AvgIpc) is 2.10. The third kappa shape index (κ3) is 1.40. The molecule has 0 fully saturated rings. The molecule has 0 spiro atoms. The fourth-order valence-electron chi connectivity index (χ4n) is 1.23. The molecule has 0 amide bonds. The number of hydrogen-bond donors (Lipinski definition) is 2. The molecule has 3 N–H and O–H groups in total. The molecule has 3 heteroatoms. The molecule has 0 radical (unpaired) electrons. The molecule has 0 aliphatic rings. The van der Waals surface area contributed by atoms with Gasteiger partial charge in [-0.1, -0.05) is 25.3 Å². The molecule has 68 valence electrons. The second-order valence-corrected chi connectivity index (χ2v) is 2.68. The van der Waals surface area contributed by atoms with Crippen molar-refractivity contribution >= 4 is 12.2 Å². The summed E-state index contributed by atoms with van der Waals surface area (Å²) in [5, 5.41) is 18.7. The maximum Gasteiger partial charge on any atom is 0.407 e. The van der Waals surface area contributed by atoms with Crippen LogP contribution in [0.5, 0.6) is 11.6 Å². The van der Waals surface area contributed by atoms with Crippen molar-refractivity contribution in [2.75, 3.05) is 0 Å². The van der Waals surface area contributed by atoms with Gasteiger partial charge in [0.15, 0.2) is 5.69 Å². The Bertz CT molecular complexity index is 370. The van der Waals surface area contributed by atoms with Gasteiger partial charge in [0.1, 0.15) is 0 Å². The molecule has 0 unspecified atom stereocenters. The molecule has 1 aromatic heterocycles. The first-order valence-corrected chi connectivity index (χ1v) is 3.84. The van der Waals surface area contributed by atoms with Crippen LogP contribution in [0.4, 0.5) is 0 Å².